The van der Waals surface area contributed by atoms with Crippen LogP contribution in [0.3, 0.4) is 0 Å². The minimum absolute atomic E-state index is 0.0160. The van der Waals surface area contributed by atoms with E-state index in [0.29, 0.717) is 21.4 Å². The van der Waals surface area contributed by atoms with Crippen LogP contribution in [0.1, 0.15) is 10.4 Å². The van der Waals surface area contributed by atoms with Crippen LogP contribution in [0.2, 0.25) is 5.15 Å². The van der Waals surface area contributed by atoms with E-state index >= 15 is 0 Å². The maximum absolute atomic E-state index is 12.2. The number of pyridine rings is 1. The van der Waals surface area contributed by atoms with E-state index < -0.39 is 18.6 Å². The van der Waals surface area contributed by atoms with Crippen LogP contribution in [-0.2, 0) is 0 Å². The number of carbonyl (C=O) groups is 1. The van der Waals surface area contributed by atoms with Gasteiger partial charge in [-0.1, -0.05) is 22.9 Å². The van der Waals surface area contributed by atoms with Crippen molar-refractivity contribution in [2.24, 2.45) is 0 Å². The van der Waals surface area contributed by atoms with Gasteiger partial charge in [-0.25, -0.2) is 15.0 Å². The summed E-state index contributed by atoms with van der Waals surface area (Å²) < 4.78 is 36.7. The van der Waals surface area contributed by atoms with Crippen molar-refractivity contribution in [3.8, 4) is 10.4 Å². The van der Waals surface area contributed by atoms with Crippen molar-refractivity contribution in [3.63, 3.8) is 0 Å². The number of carbonyl (C=O) groups excluding carboxylic acids is 1. The summed E-state index contributed by atoms with van der Waals surface area (Å²) in [4.78, 5) is 28.4. The number of rotatable bonds is 5. The molecule has 0 aliphatic rings. The number of nitrogens with zero attached hydrogens (tertiary/aromatic N) is 4. The second kappa shape index (κ2) is 7.84. The standard InChI is InChI=1S/C15H10ClF3N6OS/c16-11-2-12(24-7-23-11)25-14-21-5-10(27-14)8-1-9(4-20-3-8)13(26)22-6-15(17,18)19/h1-5,7H,6H2,(H,22,26)(H,21,23,24,25). The molecule has 0 fully saturated rings. The van der Waals surface area contributed by atoms with Gasteiger partial charge >= 0.3 is 6.18 Å². The Morgan fingerprint density at radius 3 is 2.70 bits per heavy atom. The maximum Gasteiger partial charge on any atom is 0.405 e. The predicted octanol–water partition coefficient (Wildman–Crippen LogP) is 3.68. The Kier molecular flexibility index (Phi) is 5.51. The summed E-state index contributed by atoms with van der Waals surface area (Å²) in [6.07, 6.45) is 1.04. The number of anilines is 2. The SMILES string of the molecule is O=C(NCC(F)(F)F)c1cncc(-c2cnc(Nc3cc(Cl)ncn3)s2)c1. The summed E-state index contributed by atoms with van der Waals surface area (Å²) in [5, 5.41) is 5.54. The molecular weight excluding hydrogens is 405 g/mol. The van der Waals surface area contributed by atoms with E-state index in [4.69, 9.17) is 11.6 Å². The van der Waals surface area contributed by atoms with Crippen molar-refractivity contribution in [3.05, 3.63) is 47.8 Å². The van der Waals surface area contributed by atoms with Crippen LogP contribution >= 0.6 is 22.9 Å². The summed E-state index contributed by atoms with van der Waals surface area (Å²) in [6.45, 7) is -1.41. The van der Waals surface area contributed by atoms with Crippen LogP contribution in [0.15, 0.2) is 37.1 Å². The number of nitrogens with one attached hydrogen (secondary N) is 2. The summed E-state index contributed by atoms with van der Waals surface area (Å²) in [5.74, 6) is -0.408. The average Bonchev–Trinajstić information content (AvgIpc) is 3.08. The molecule has 1 amide bonds. The number of aromatic nitrogens is 4. The van der Waals surface area contributed by atoms with Gasteiger partial charge in [-0.15, -0.1) is 0 Å². The molecule has 12 heteroatoms. The van der Waals surface area contributed by atoms with Gasteiger partial charge in [-0.3, -0.25) is 9.78 Å². The first-order valence-electron chi connectivity index (χ1n) is 7.31. The summed E-state index contributed by atoms with van der Waals surface area (Å²) in [7, 11) is 0. The quantitative estimate of drug-likeness (QED) is 0.619. The van der Waals surface area contributed by atoms with Gasteiger partial charge in [0.05, 0.1) is 10.4 Å². The third-order valence-electron chi connectivity index (χ3n) is 3.11. The molecule has 0 saturated carbocycles. The van der Waals surface area contributed by atoms with E-state index in [9.17, 15) is 18.0 Å². The molecule has 0 bridgehead atoms. The first kappa shape index (κ1) is 19.0. The smallest absolute Gasteiger partial charge is 0.343 e. The minimum Gasteiger partial charge on any atom is -0.343 e. The fourth-order valence-corrected chi connectivity index (χ4v) is 2.91. The van der Waals surface area contributed by atoms with Gasteiger partial charge in [0, 0.05) is 30.2 Å². The molecule has 0 spiro atoms. The number of alkyl halides is 3. The topological polar surface area (TPSA) is 92.7 Å². The molecule has 0 atom stereocenters. The van der Waals surface area contributed by atoms with Crippen LogP contribution in [0.5, 0.6) is 0 Å². The lowest BCUT2D eigenvalue weighted by molar-refractivity contribution is -0.123. The van der Waals surface area contributed by atoms with Gasteiger partial charge in [0.25, 0.3) is 5.91 Å². The molecule has 3 aromatic heterocycles. The average molecular weight is 415 g/mol. The number of hydrogen-bond acceptors (Lipinski definition) is 7. The molecule has 0 radical (unpaired) electrons. The lowest BCUT2D eigenvalue weighted by Crippen LogP contribution is -2.33. The zero-order valence-corrected chi connectivity index (χ0v) is 14.9. The molecule has 0 unspecified atom stereocenters. The Bertz CT molecular complexity index is 964. The molecule has 0 aliphatic heterocycles. The van der Waals surface area contributed by atoms with Crippen LogP contribution in [0.4, 0.5) is 24.1 Å². The molecule has 3 heterocycles. The maximum atomic E-state index is 12.2. The van der Waals surface area contributed by atoms with Gasteiger partial charge in [0.15, 0.2) is 5.13 Å². The fraction of sp³-hybridized carbons (Fsp3) is 0.133. The van der Waals surface area contributed by atoms with Gasteiger partial charge in [-0.05, 0) is 6.07 Å². The summed E-state index contributed by atoms with van der Waals surface area (Å²) in [6, 6.07) is 2.97. The third-order valence-corrected chi connectivity index (χ3v) is 4.28. The van der Waals surface area contributed by atoms with Crippen molar-refractivity contribution >= 4 is 39.8 Å². The second-order valence-electron chi connectivity index (χ2n) is 5.14. The molecule has 3 aromatic rings. The first-order valence-corrected chi connectivity index (χ1v) is 8.50. The molecule has 0 aliphatic carbocycles. The molecular formula is C15H10ClF3N6OS. The normalized spacial score (nSPS) is 11.3. The summed E-state index contributed by atoms with van der Waals surface area (Å²) in [5.41, 5.74) is 0.558. The van der Waals surface area contributed by atoms with Gasteiger partial charge in [0.1, 0.15) is 23.8 Å². The molecule has 2 N–H and O–H groups in total. The number of halogens is 4. The summed E-state index contributed by atoms with van der Waals surface area (Å²) >= 11 is 7.04. The van der Waals surface area contributed by atoms with Gasteiger partial charge in [0.2, 0.25) is 0 Å². The number of hydrogen-bond donors (Lipinski definition) is 2. The lowest BCUT2D eigenvalue weighted by atomic mass is 10.2. The highest BCUT2D eigenvalue weighted by Gasteiger charge is 2.28. The van der Waals surface area contributed by atoms with E-state index in [1.165, 1.54) is 42.2 Å². The second-order valence-corrected chi connectivity index (χ2v) is 6.56. The Morgan fingerprint density at radius 2 is 1.96 bits per heavy atom. The monoisotopic (exact) mass is 414 g/mol. The molecule has 7 nitrogen and oxygen atoms in total. The first-order chi connectivity index (χ1) is 12.8. The third kappa shape index (κ3) is 5.34. The Morgan fingerprint density at radius 1 is 1.15 bits per heavy atom. The highest BCUT2D eigenvalue weighted by atomic mass is 35.5. The minimum atomic E-state index is -4.48. The Labute approximate surface area is 159 Å². The van der Waals surface area contributed by atoms with Crippen molar-refractivity contribution in [2.45, 2.75) is 6.18 Å². The number of thiazole rings is 1. The van der Waals surface area contributed by atoms with E-state index in [-0.39, 0.29) is 10.7 Å². The van der Waals surface area contributed by atoms with Crippen molar-refractivity contribution < 1.29 is 18.0 Å². The van der Waals surface area contributed by atoms with Crippen molar-refractivity contribution in [1.29, 1.82) is 0 Å². The van der Waals surface area contributed by atoms with Crippen LogP contribution < -0.4 is 10.6 Å². The Balaban J connectivity index is 1.74. The van der Waals surface area contributed by atoms with Gasteiger partial charge in [-0.2, -0.15) is 13.2 Å². The van der Waals surface area contributed by atoms with E-state index in [1.54, 1.807) is 11.5 Å². The largest absolute Gasteiger partial charge is 0.405 e. The Hall–Kier alpha value is -2.79. The number of amides is 1. The zero-order chi connectivity index (χ0) is 19.4. The molecule has 3 rings (SSSR count). The van der Waals surface area contributed by atoms with Gasteiger partial charge < -0.3 is 10.6 Å². The molecule has 140 valence electrons. The highest BCUT2D eigenvalue weighted by Crippen LogP contribution is 2.30. The highest BCUT2D eigenvalue weighted by molar-refractivity contribution is 7.18. The zero-order valence-electron chi connectivity index (χ0n) is 13.3. The molecule has 27 heavy (non-hydrogen) atoms. The predicted molar refractivity (Wildman–Crippen MR) is 94.1 cm³/mol. The fourth-order valence-electron chi connectivity index (χ4n) is 1.96. The van der Waals surface area contributed by atoms with E-state index in [1.807, 2.05) is 0 Å². The van der Waals surface area contributed by atoms with E-state index in [2.05, 4.69) is 25.3 Å². The van der Waals surface area contributed by atoms with Crippen molar-refractivity contribution in [1.82, 2.24) is 25.3 Å². The lowest BCUT2D eigenvalue weighted by Gasteiger charge is -2.08. The molecule has 0 saturated heterocycles. The van der Waals surface area contributed by atoms with Crippen LogP contribution in [-0.4, -0.2) is 38.6 Å². The van der Waals surface area contributed by atoms with Crippen LogP contribution in [0, 0.1) is 0 Å². The van der Waals surface area contributed by atoms with Crippen molar-refractivity contribution in [2.75, 3.05) is 11.9 Å². The molecule has 0 aromatic carbocycles. The van der Waals surface area contributed by atoms with E-state index in [0.717, 1.165) is 0 Å². The van der Waals surface area contributed by atoms with Crippen LogP contribution in [0.25, 0.3) is 10.4 Å².